The number of primary amides is 1. The van der Waals surface area contributed by atoms with E-state index >= 15 is 0 Å². The first-order valence-electron chi connectivity index (χ1n) is 9.62. The van der Waals surface area contributed by atoms with E-state index in [1.165, 1.54) is 38.5 Å². The molecule has 0 radical (unpaired) electrons. The molecule has 0 bridgehead atoms. The van der Waals surface area contributed by atoms with E-state index in [1.54, 1.807) is 30.3 Å². The summed E-state index contributed by atoms with van der Waals surface area (Å²) in [5.41, 5.74) is 6.59. The van der Waals surface area contributed by atoms with Crippen LogP contribution in [0, 0.1) is 0 Å². The minimum absolute atomic E-state index is 0.0219. The van der Waals surface area contributed by atoms with Crippen molar-refractivity contribution in [1.29, 1.82) is 0 Å². The van der Waals surface area contributed by atoms with Crippen LogP contribution in [0.3, 0.4) is 0 Å². The van der Waals surface area contributed by atoms with Gasteiger partial charge in [0.25, 0.3) is 11.8 Å². The summed E-state index contributed by atoms with van der Waals surface area (Å²) in [6, 6.07) is 15.6. The number of carbonyl (C=O) groups excluding carboxylic acids is 3. The van der Waals surface area contributed by atoms with Crippen molar-refractivity contribution in [2.45, 2.75) is 0 Å². The van der Waals surface area contributed by atoms with Crippen LogP contribution in [-0.2, 0) is 0 Å². The average molecular weight is 469 g/mol. The molecule has 3 rings (SSSR count). The van der Waals surface area contributed by atoms with Gasteiger partial charge < -0.3 is 31.2 Å². The van der Waals surface area contributed by atoms with Crippen molar-refractivity contribution in [3.63, 3.8) is 0 Å². The van der Waals surface area contributed by atoms with E-state index in [2.05, 4.69) is 16.0 Å². The Morgan fingerprint density at radius 2 is 1.42 bits per heavy atom. The Balaban J connectivity index is 1.83. The van der Waals surface area contributed by atoms with Gasteiger partial charge in [-0.25, -0.2) is 4.79 Å². The van der Waals surface area contributed by atoms with Gasteiger partial charge in [-0.2, -0.15) is 0 Å². The van der Waals surface area contributed by atoms with Crippen LogP contribution in [0.2, 0.25) is 5.02 Å². The maximum atomic E-state index is 12.9. The van der Waals surface area contributed by atoms with Gasteiger partial charge in [0.1, 0.15) is 0 Å². The lowest BCUT2D eigenvalue weighted by atomic mass is 10.1. The molecule has 0 aliphatic heterocycles. The van der Waals surface area contributed by atoms with E-state index in [1.807, 2.05) is 6.07 Å². The monoisotopic (exact) mass is 468 g/mol. The lowest BCUT2D eigenvalue weighted by Crippen LogP contribution is -2.21. The molecule has 0 unspecified atom stereocenters. The van der Waals surface area contributed by atoms with Crippen LogP contribution in [0.5, 0.6) is 11.5 Å². The summed E-state index contributed by atoms with van der Waals surface area (Å²) in [6.07, 6.45) is 0. The first-order chi connectivity index (χ1) is 15.8. The summed E-state index contributed by atoms with van der Waals surface area (Å²) in [7, 11) is 2.83. The second kappa shape index (κ2) is 10.4. The number of anilines is 3. The molecule has 9 nitrogen and oxygen atoms in total. The minimum atomic E-state index is -0.773. The van der Waals surface area contributed by atoms with E-state index in [9.17, 15) is 14.4 Å². The molecular weight excluding hydrogens is 448 g/mol. The fraction of sp³-hybridized carbons (Fsp3) is 0.0870. The molecule has 0 saturated heterocycles. The quantitative estimate of drug-likeness (QED) is 0.409. The van der Waals surface area contributed by atoms with Gasteiger partial charge in [-0.3, -0.25) is 9.59 Å². The summed E-state index contributed by atoms with van der Waals surface area (Å²) in [5, 5.41) is 8.07. The molecule has 0 atom stereocenters. The molecule has 3 aromatic carbocycles. The van der Waals surface area contributed by atoms with Gasteiger partial charge in [0.2, 0.25) is 0 Å². The average Bonchev–Trinajstić information content (AvgIpc) is 2.80. The molecule has 0 fully saturated rings. The summed E-state index contributed by atoms with van der Waals surface area (Å²) >= 11 is 6.21. The third-order valence-electron chi connectivity index (χ3n) is 4.54. The van der Waals surface area contributed by atoms with Crippen LogP contribution in [0.25, 0.3) is 0 Å². The molecule has 0 spiro atoms. The van der Waals surface area contributed by atoms with Gasteiger partial charge in [0.15, 0.2) is 11.5 Å². The fourth-order valence-corrected chi connectivity index (χ4v) is 3.17. The molecule has 0 saturated carbocycles. The highest BCUT2D eigenvalue weighted by Crippen LogP contribution is 2.34. The first kappa shape index (κ1) is 23.4. The second-order valence-electron chi connectivity index (χ2n) is 6.71. The molecule has 10 heteroatoms. The number of amides is 4. The number of benzene rings is 3. The van der Waals surface area contributed by atoms with Crippen molar-refractivity contribution in [1.82, 2.24) is 0 Å². The molecule has 33 heavy (non-hydrogen) atoms. The Kier molecular flexibility index (Phi) is 7.37. The number of halogens is 1. The number of urea groups is 1. The molecule has 170 valence electrons. The smallest absolute Gasteiger partial charge is 0.323 e. The number of methoxy groups -OCH3 is 2. The Morgan fingerprint density at radius 1 is 0.788 bits per heavy atom. The fourth-order valence-electron chi connectivity index (χ4n) is 2.97. The number of nitrogens with one attached hydrogen (secondary N) is 3. The highest BCUT2D eigenvalue weighted by molar-refractivity contribution is 6.34. The van der Waals surface area contributed by atoms with Crippen LogP contribution in [-0.4, -0.2) is 32.1 Å². The van der Waals surface area contributed by atoms with Gasteiger partial charge in [0, 0.05) is 17.4 Å². The maximum Gasteiger partial charge on any atom is 0.323 e. The molecular formula is C23H21ClN4O5. The zero-order valence-electron chi connectivity index (χ0n) is 17.8. The van der Waals surface area contributed by atoms with Crippen molar-refractivity contribution in [3.8, 4) is 11.5 Å². The summed E-state index contributed by atoms with van der Waals surface area (Å²) < 4.78 is 10.4. The number of hydrogen-bond acceptors (Lipinski definition) is 5. The van der Waals surface area contributed by atoms with Crippen LogP contribution in [0.15, 0.2) is 60.7 Å². The summed E-state index contributed by atoms with van der Waals surface area (Å²) in [4.78, 5) is 37.1. The third kappa shape index (κ3) is 5.72. The predicted molar refractivity (Wildman–Crippen MR) is 127 cm³/mol. The van der Waals surface area contributed by atoms with E-state index in [4.69, 9.17) is 26.8 Å². The second-order valence-corrected chi connectivity index (χ2v) is 7.12. The first-order valence-corrected chi connectivity index (χ1v) is 10.00. The normalized spacial score (nSPS) is 10.2. The topological polar surface area (TPSA) is 132 Å². The van der Waals surface area contributed by atoms with Gasteiger partial charge in [-0.05, 0) is 36.4 Å². The van der Waals surface area contributed by atoms with Gasteiger partial charge >= 0.3 is 6.03 Å². The van der Waals surface area contributed by atoms with Crippen molar-refractivity contribution in [2.75, 3.05) is 30.2 Å². The van der Waals surface area contributed by atoms with Gasteiger partial charge in [0.05, 0.1) is 36.1 Å². The molecule has 3 aromatic rings. The minimum Gasteiger partial charge on any atom is -0.493 e. The number of rotatable bonds is 7. The van der Waals surface area contributed by atoms with Crippen LogP contribution in [0.1, 0.15) is 20.7 Å². The van der Waals surface area contributed by atoms with Crippen molar-refractivity contribution in [2.24, 2.45) is 5.73 Å². The van der Waals surface area contributed by atoms with Crippen LogP contribution >= 0.6 is 11.6 Å². The van der Waals surface area contributed by atoms with Crippen LogP contribution < -0.4 is 31.2 Å². The molecule has 5 N–H and O–H groups in total. The van der Waals surface area contributed by atoms with E-state index < -0.39 is 17.8 Å². The molecule has 0 aliphatic carbocycles. The summed E-state index contributed by atoms with van der Waals surface area (Å²) in [6.45, 7) is 0. The highest BCUT2D eigenvalue weighted by Gasteiger charge is 2.19. The number of carbonyl (C=O) groups is 3. The third-order valence-corrected chi connectivity index (χ3v) is 4.87. The lowest BCUT2D eigenvalue weighted by molar-refractivity contribution is 0.100. The Hall–Kier alpha value is -4.24. The zero-order valence-corrected chi connectivity index (χ0v) is 18.5. The van der Waals surface area contributed by atoms with Gasteiger partial charge in [-0.15, -0.1) is 0 Å². The standard InChI is InChI=1S/C23H21ClN4O5/c1-32-19-11-16(21(25)29)18(12-20(19)33-2)28-22(30)15-10-14(8-9-17(15)24)27-23(31)26-13-6-4-3-5-7-13/h3-12H,1-2H3,(H2,25,29)(H,28,30)(H2,26,27,31). The Labute approximate surface area is 194 Å². The molecule has 0 aromatic heterocycles. The summed E-state index contributed by atoms with van der Waals surface area (Å²) in [5.74, 6) is -0.831. The van der Waals surface area contributed by atoms with E-state index in [0.29, 0.717) is 11.4 Å². The van der Waals surface area contributed by atoms with Gasteiger partial charge in [-0.1, -0.05) is 29.8 Å². The lowest BCUT2D eigenvalue weighted by Gasteiger charge is -2.15. The number of ether oxygens (including phenoxy) is 2. The van der Waals surface area contributed by atoms with E-state index in [-0.39, 0.29) is 33.3 Å². The Bertz CT molecular complexity index is 1200. The highest BCUT2D eigenvalue weighted by atomic mass is 35.5. The molecule has 0 aliphatic rings. The zero-order chi connectivity index (χ0) is 24.0. The van der Waals surface area contributed by atoms with Crippen LogP contribution in [0.4, 0.5) is 21.9 Å². The maximum absolute atomic E-state index is 12.9. The SMILES string of the molecule is COc1cc(NC(=O)c2cc(NC(=O)Nc3ccccc3)ccc2Cl)c(C(N)=O)cc1OC. The number of hydrogen-bond donors (Lipinski definition) is 4. The number of para-hydroxylation sites is 1. The largest absolute Gasteiger partial charge is 0.493 e. The number of nitrogens with two attached hydrogens (primary N) is 1. The van der Waals surface area contributed by atoms with E-state index in [0.717, 1.165) is 0 Å². The Morgan fingerprint density at radius 3 is 2.06 bits per heavy atom. The van der Waals surface area contributed by atoms with Crippen molar-refractivity contribution < 1.29 is 23.9 Å². The predicted octanol–water partition coefficient (Wildman–Crippen LogP) is 4.35. The van der Waals surface area contributed by atoms with Crippen molar-refractivity contribution in [3.05, 3.63) is 76.8 Å². The van der Waals surface area contributed by atoms with Crippen molar-refractivity contribution >= 4 is 46.5 Å². The molecule has 4 amide bonds. The molecule has 0 heterocycles.